The number of nitrogens with zero attached hydrogens (tertiary/aromatic N) is 2. The average molecular weight is 309 g/mol. The Morgan fingerprint density at radius 3 is 3.00 bits per heavy atom. The normalized spacial score (nSPS) is 18.9. The summed E-state index contributed by atoms with van der Waals surface area (Å²) in [7, 11) is 0. The molecule has 1 aliphatic rings. The van der Waals surface area contributed by atoms with Crippen LogP contribution >= 0.6 is 27.3 Å². The van der Waals surface area contributed by atoms with Gasteiger partial charge in [-0.25, -0.2) is 0 Å². The quantitative estimate of drug-likeness (QED) is 0.841. The van der Waals surface area contributed by atoms with Crippen LogP contribution < -0.4 is 0 Å². The molecule has 0 amide bonds. The third-order valence-corrected chi connectivity index (χ3v) is 4.22. The van der Waals surface area contributed by atoms with Gasteiger partial charge >= 0.3 is 0 Å². The van der Waals surface area contributed by atoms with Crippen molar-refractivity contribution >= 4 is 31.9 Å². The second-order valence-electron chi connectivity index (χ2n) is 3.71. The Bertz CT molecular complexity index is 553. The van der Waals surface area contributed by atoms with Crippen molar-refractivity contribution in [3.05, 3.63) is 41.5 Å². The Kier molecular flexibility index (Phi) is 2.94. The van der Waals surface area contributed by atoms with Crippen molar-refractivity contribution in [2.75, 3.05) is 0 Å². The molecule has 17 heavy (non-hydrogen) atoms. The van der Waals surface area contributed by atoms with Gasteiger partial charge in [0.1, 0.15) is 4.62 Å². The first-order chi connectivity index (χ1) is 8.33. The lowest BCUT2D eigenvalue weighted by molar-refractivity contribution is 0.0884. The zero-order chi connectivity index (χ0) is 11.7. The van der Waals surface area contributed by atoms with Gasteiger partial charge in [-0.3, -0.25) is 4.98 Å². The van der Waals surface area contributed by atoms with E-state index in [9.17, 15) is 0 Å². The summed E-state index contributed by atoms with van der Waals surface area (Å²) in [6.45, 7) is 0. The van der Waals surface area contributed by atoms with Crippen LogP contribution in [0.4, 0.5) is 0 Å². The number of hydrogen-bond acceptors (Lipinski definition) is 4. The van der Waals surface area contributed by atoms with Crippen LogP contribution in [-0.4, -0.2) is 9.60 Å². The molecule has 0 radical (unpaired) electrons. The highest BCUT2D eigenvalue weighted by Gasteiger charge is 2.22. The molecule has 0 bridgehead atoms. The molecular formula is C12H9BrN2OS. The maximum absolute atomic E-state index is 5.34. The molecule has 0 saturated carbocycles. The lowest BCUT2D eigenvalue weighted by Crippen LogP contribution is -1.92. The van der Waals surface area contributed by atoms with Crippen molar-refractivity contribution < 1.29 is 4.84 Å². The molecule has 2 aromatic heterocycles. The number of oxime groups is 1. The van der Waals surface area contributed by atoms with Gasteiger partial charge in [-0.1, -0.05) is 11.2 Å². The Labute approximate surface area is 111 Å². The third-order valence-electron chi connectivity index (χ3n) is 2.52. The molecule has 3 heterocycles. The predicted molar refractivity (Wildman–Crippen MR) is 72.4 cm³/mol. The van der Waals surface area contributed by atoms with Gasteiger partial charge in [0, 0.05) is 34.1 Å². The second-order valence-corrected chi connectivity index (χ2v) is 5.74. The number of halogens is 1. The molecule has 0 aromatic carbocycles. The van der Waals surface area contributed by atoms with E-state index in [2.05, 4.69) is 44.3 Å². The van der Waals surface area contributed by atoms with E-state index in [1.807, 2.05) is 12.3 Å². The SMILES string of the molecule is BrC1=NO[C@@H](c2ccc(-c3cccnc3)s2)C1. The Balaban J connectivity index is 1.84. The van der Waals surface area contributed by atoms with Gasteiger partial charge in [0.2, 0.25) is 0 Å². The minimum atomic E-state index is 0.0554. The standard InChI is InChI=1S/C12H9BrN2OS/c13-12-6-9(16-15-12)11-4-3-10(17-11)8-2-1-5-14-7-8/h1-5,7,9H,6H2/t9-/m1/s1. The van der Waals surface area contributed by atoms with Gasteiger partial charge in [0.25, 0.3) is 0 Å². The van der Waals surface area contributed by atoms with E-state index in [4.69, 9.17) is 4.84 Å². The van der Waals surface area contributed by atoms with Gasteiger partial charge in [-0.2, -0.15) is 0 Å². The van der Waals surface area contributed by atoms with E-state index in [0.717, 1.165) is 16.6 Å². The Morgan fingerprint density at radius 2 is 2.29 bits per heavy atom. The van der Waals surface area contributed by atoms with Crippen molar-refractivity contribution in [3.8, 4) is 10.4 Å². The first kappa shape index (κ1) is 10.9. The van der Waals surface area contributed by atoms with E-state index in [1.54, 1.807) is 17.5 Å². The van der Waals surface area contributed by atoms with Gasteiger partial charge in [-0.15, -0.1) is 11.3 Å². The number of hydrogen-bond donors (Lipinski definition) is 0. The monoisotopic (exact) mass is 308 g/mol. The molecule has 0 spiro atoms. The van der Waals surface area contributed by atoms with Crippen LogP contribution in [0, 0.1) is 0 Å². The molecule has 0 N–H and O–H groups in total. The minimum absolute atomic E-state index is 0.0554. The van der Waals surface area contributed by atoms with Crippen LogP contribution in [0.2, 0.25) is 0 Å². The molecule has 3 nitrogen and oxygen atoms in total. The fourth-order valence-electron chi connectivity index (χ4n) is 1.69. The summed E-state index contributed by atoms with van der Waals surface area (Å²) in [6, 6.07) is 8.20. The van der Waals surface area contributed by atoms with Crippen molar-refractivity contribution in [1.29, 1.82) is 0 Å². The fraction of sp³-hybridized carbons (Fsp3) is 0.167. The highest BCUT2D eigenvalue weighted by atomic mass is 79.9. The van der Waals surface area contributed by atoms with Gasteiger partial charge in [-0.05, 0) is 34.1 Å². The fourth-order valence-corrected chi connectivity index (χ4v) is 3.09. The van der Waals surface area contributed by atoms with Crippen LogP contribution in [0.1, 0.15) is 17.4 Å². The average Bonchev–Trinajstić information content (AvgIpc) is 2.98. The summed E-state index contributed by atoms with van der Waals surface area (Å²) in [4.78, 5) is 11.9. The first-order valence-electron chi connectivity index (χ1n) is 5.21. The van der Waals surface area contributed by atoms with Gasteiger partial charge in [0.05, 0.1) is 0 Å². The summed E-state index contributed by atoms with van der Waals surface area (Å²) in [5.41, 5.74) is 1.14. The Morgan fingerprint density at radius 1 is 1.35 bits per heavy atom. The van der Waals surface area contributed by atoms with Crippen LogP contribution in [0.15, 0.2) is 41.8 Å². The summed E-state index contributed by atoms with van der Waals surface area (Å²) in [5.74, 6) is 0. The molecular weight excluding hydrogens is 300 g/mol. The Hall–Kier alpha value is -1.20. The summed E-state index contributed by atoms with van der Waals surface area (Å²) < 4.78 is 0.874. The molecule has 1 aliphatic heterocycles. The highest BCUT2D eigenvalue weighted by Crippen LogP contribution is 2.36. The van der Waals surface area contributed by atoms with Gasteiger partial charge < -0.3 is 4.84 Å². The first-order valence-corrected chi connectivity index (χ1v) is 6.82. The third kappa shape index (κ3) is 2.25. The lowest BCUT2D eigenvalue weighted by atomic mass is 10.2. The van der Waals surface area contributed by atoms with E-state index in [-0.39, 0.29) is 6.10 Å². The predicted octanol–water partition coefficient (Wildman–Crippen LogP) is 3.98. The van der Waals surface area contributed by atoms with Gasteiger partial charge in [0.15, 0.2) is 6.10 Å². The maximum atomic E-state index is 5.34. The van der Waals surface area contributed by atoms with E-state index >= 15 is 0 Å². The summed E-state index contributed by atoms with van der Waals surface area (Å²) >= 11 is 5.07. The number of rotatable bonds is 2. The van der Waals surface area contributed by atoms with E-state index in [0.29, 0.717) is 0 Å². The second kappa shape index (κ2) is 4.58. The number of aromatic nitrogens is 1. The van der Waals surface area contributed by atoms with Crippen LogP contribution in [0.3, 0.4) is 0 Å². The molecule has 0 unspecified atom stereocenters. The van der Waals surface area contributed by atoms with Crippen LogP contribution in [-0.2, 0) is 4.84 Å². The highest BCUT2D eigenvalue weighted by molar-refractivity contribution is 9.18. The van der Waals surface area contributed by atoms with Crippen molar-refractivity contribution in [1.82, 2.24) is 4.98 Å². The molecule has 0 aliphatic carbocycles. The smallest absolute Gasteiger partial charge is 0.167 e. The number of pyridine rings is 1. The zero-order valence-corrected chi connectivity index (χ0v) is 11.2. The van der Waals surface area contributed by atoms with E-state index in [1.165, 1.54) is 9.75 Å². The summed E-state index contributed by atoms with van der Waals surface area (Å²) in [5, 5.41) is 3.90. The maximum Gasteiger partial charge on any atom is 0.167 e. The molecule has 2 aromatic rings. The van der Waals surface area contributed by atoms with Crippen molar-refractivity contribution in [3.63, 3.8) is 0 Å². The van der Waals surface area contributed by atoms with Crippen LogP contribution in [0.5, 0.6) is 0 Å². The molecule has 0 saturated heterocycles. The van der Waals surface area contributed by atoms with Crippen molar-refractivity contribution in [2.24, 2.45) is 5.16 Å². The van der Waals surface area contributed by atoms with Crippen molar-refractivity contribution in [2.45, 2.75) is 12.5 Å². The largest absolute Gasteiger partial charge is 0.386 e. The zero-order valence-electron chi connectivity index (χ0n) is 8.84. The molecule has 5 heteroatoms. The number of thiophene rings is 1. The van der Waals surface area contributed by atoms with E-state index < -0.39 is 0 Å². The molecule has 1 atom stereocenters. The minimum Gasteiger partial charge on any atom is -0.386 e. The topological polar surface area (TPSA) is 34.5 Å². The molecule has 0 fully saturated rings. The lowest BCUT2D eigenvalue weighted by Gasteiger charge is -2.03. The van der Waals surface area contributed by atoms with Crippen LogP contribution in [0.25, 0.3) is 10.4 Å². The summed E-state index contributed by atoms with van der Waals surface area (Å²) in [6.07, 6.45) is 4.52. The molecule has 3 rings (SSSR count). The molecule has 86 valence electrons.